The number of ether oxygens (including phenoxy) is 1. The molecule has 0 aromatic heterocycles. The first-order valence-electron chi connectivity index (χ1n) is 11.5. The number of hydrogen-bond donors (Lipinski definition) is 2. The van der Waals surface area contributed by atoms with Gasteiger partial charge in [-0.05, 0) is 80.4 Å². The number of benzene rings is 3. The fourth-order valence-corrected chi connectivity index (χ4v) is 4.18. The first kappa shape index (κ1) is 25.7. The van der Waals surface area contributed by atoms with Crippen molar-refractivity contribution < 1.29 is 23.9 Å². The van der Waals surface area contributed by atoms with Gasteiger partial charge in [0.15, 0.2) is 0 Å². The first-order valence-corrected chi connectivity index (χ1v) is 11.9. The minimum Gasteiger partial charge on any atom is -0.462 e. The molecule has 0 saturated carbocycles. The van der Waals surface area contributed by atoms with Crippen LogP contribution in [0.15, 0.2) is 77.5 Å². The standard InChI is InChI=1S/C28H24ClN3O5/c1-4-37-28(36)19-8-6-10-22(15-19)32-26(34)23(29)24(27(32)35)30-20-9-5-7-18(14-20)25(33)31-21-12-16(2)11-17(3)13-21/h5-15,30H,4H2,1-3H3,(H,31,33). The van der Waals surface area contributed by atoms with Gasteiger partial charge in [0.05, 0.1) is 17.9 Å². The maximum absolute atomic E-state index is 13.2. The number of carbonyl (C=O) groups excluding carboxylic acids is 4. The van der Waals surface area contributed by atoms with Crippen molar-refractivity contribution >= 4 is 52.4 Å². The molecule has 1 aliphatic heterocycles. The fraction of sp³-hybridized carbons (Fsp3) is 0.143. The number of nitrogens with one attached hydrogen (secondary N) is 2. The van der Waals surface area contributed by atoms with Gasteiger partial charge in [0.2, 0.25) is 0 Å². The lowest BCUT2D eigenvalue weighted by Gasteiger charge is -2.16. The molecule has 0 fully saturated rings. The largest absolute Gasteiger partial charge is 0.462 e. The molecule has 9 heteroatoms. The van der Waals surface area contributed by atoms with E-state index in [1.807, 2.05) is 32.0 Å². The summed E-state index contributed by atoms with van der Waals surface area (Å²) in [7, 11) is 0. The zero-order chi connectivity index (χ0) is 26.7. The summed E-state index contributed by atoms with van der Waals surface area (Å²) in [4.78, 5) is 51.8. The van der Waals surface area contributed by atoms with E-state index < -0.39 is 17.8 Å². The number of nitrogens with zero attached hydrogens (tertiary/aromatic N) is 1. The lowest BCUT2D eigenvalue weighted by molar-refractivity contribution is -0.120. The average Bonchev–Trinajstić information content (AvgIpc) is 3.06. The Hall–Kier alpha value is -4.43. The fourth-order valence-electron chi connectivity index (χ4n) is 3.96. The van der Waals surface area contributed by atoms with E-state index in [0.29, 0.717) is 16.9 Å². The second-order valence-electron chi connectivity index (χ2n) is 8.44. The maximum atomic E-state index is 13.2. The third-order valence-electron chi connectivity index (χ3n) is 5.52. The summed E-state index contributed by atoms with van der Waals surface area (Å²) < 4.78 is 4.99. The Morgan fingerprint density at radius 3 is 2.24 bits per heavy atom. The molecule has 0 atom stereocenters. The Labute approximate surface area is 218 Å². The van der Waals surface area contributed by atoms with Crippen LogP contribution in [0.1, 0.15) is 38.8 Å². The number of hydrogen-bond acceptors (Lipinski definition) is 6. The molecule has 0 aliphatic carbocycles. The zero-order valence-electron chi connectivity index (χ0n) is 20.4. The summed E-state index contributed by atoms with van der Waals surface area (Å²) >= 11 is 6.24. The smallest absolute Gasteiger partial charge is 0.338 e. The predicted octanol–water partition coefficient (Wildman–Crippen LogP) is 5.17. The highest BCUT2D eigenvalue weighted by atomic mass is 35.5. The molecule has 0 bridgehead atoms. The second-order valence-corrected chi connectivity index (χ2v) is 8.82. The molecule has 0 radical (unpaired) electrons. The molecule has 0 saturated heterocycles. The van der Waals surface area contributed by atoms with Crippen LogP contribution in [-0.4, -0.2) is 30.3 Å². The van der Waals surface area contributed by atoms with E-state index in [0.717, 1.165) is 16.0 Å². The third kappa shape index (κ3) is 5.54. The third-order valence-corrected chi connectivity index (χ3v) is 5.87. The van der Waals surface area contributed by atoms with Gasteiger partial charge in [-0.2, -0.15) is 0 Å². The molecule has 1 aliphatic rings. The molecule has 0 spiro atoms. The monoisotopic (exact) mass is 517 g/mol. The van der Waals surface area contributed by atoms with Gasteiger partial charge in [-0.25, -0.2) is 9.69 Å². The molecule has 1 heterocycles. The van der Waals surface area contributed by atoms with E-state index in [-0.39, 0.29) is 34.5 Å². The number of carbonyl (C=O) groups is 4. The summed E-state index contributed by atoms with van der Waals surface area (Å²) in [6.07, 6.45) is 0. The Kier molecular flexibility index (Phi) is 7.40. The Morgan fingerprint density at radius 2 is 1.54 bits per heavy atom. The maximum Gasteiger partial charge on any atom is 0.338 e. The quantitative estimate of drug-likeness (QED) is 0.331. The van der Waals surface area contributed by atoms with Crippen LogP contribution < -0.4 is 15.5 Å². The van der Waals surface area contributed by atoms with Gasteiger partial charge in [0.1, 0.15) is 10.7 Å². The Morgan fingerprint density at radius 1 is 0.865 bits per heavy atom. The predicted molar refractivity (Wildman–Crippen MR) is 142 cm³/mol. The zero-order valence-corrected chi connectivity index (χ0v) is 21.2. The van der Waals surface area contributed by atoms with Crippen molar-refractivity contribution in [2.75, 3.05) is 22.1 Å². The van der Waals surface area contributed by atoms with Crippen LogP contribution in [0.25, 0.3) is 0 Å². The van der Waals surface area contributed by atoms with E-state index in [4.69, 9.17) is 16.3 Å². The molecule has 0 unspecified atom stereocenters. The van der Waals surface area contributed by atoms with Gasteiger partial charge in [-0.1, -0.05) is 29.8 Å². The van der Waals surface area contributed by atoms with Crippen LogP contribution in [0, 0.1) is 13.8 Å². The van der Waals surface area contributed by atoms with Gasteiger partial charge < -0.3 is 15.4 Å². The van der Waals surface area contributed by atoms with E-state index in [9.17, 15) is 19.2 Å². The van der Waals surface area contributed by atoms with Crippen molar-refractivity contribution in [3.05, 3.63) is 99.7 Å². The van der Waals surface area contributed by atoms with Crippen LogP contribution in [0.2, 0.25) is 0 Å². The normalized spacial score (nSPS) is 13.1. The van der Waals surface area contributed by atoms with Gasteiger partial charge in [-0.3, -0.25) is 14.4 Å². The van der Waals surface area contributed by atoms with Crippen LogP contribution in [-0.2, 0) is 14.3 Å². The number of esters is 1. The number of anilines is 3. The highest BCUT2D eigenvalue weighted by molar-refractivity contribution is 6.53. The van der Waals surface area contributed by atoms with E-state index >= 15 is 0 Å². The lowest BCUT2D eigenvalue weighted by atomic mass is 10.1. The second kappa shape index (κ2) is 10.7. The lowest BCUT2D eigenvalue weighted by Crippen LogP contribution is -2.32. The highest BCUT2D eigenvalue weighted by Gasteiger charge is 2.39. The molecule has 188 valence electrons. The van der Waals surface area contributed by atoms with Crippen LogP contribution >= 0.6 is 11.6 Å². The topological polar surface area (TPSA) is 105 Å². The van der Waals surface area contributed by atoms with Crippen molar-refractivity contribution in [1.29, 1.82) is 0 Å². The molecule has 37 heavy (non-hydrogen) atoms. The van der Waals surface area contributed by atoms with Crippen molar-refractivity contribution in [2.45, 2.75) is 20.8 Å². The van der Waals surface area contributed by atoms with E-state index in [1.54, 1.807) is 37.3 Å². The molecular formula is C28H24ClN3O5. The number of halogens is 1. The number of amides is 3. The molecule has 4 rings (SSSR count). The van der Waals surface area contributed by atoms with Crippen molar-refractivity contribution in [1.82, 2.24) is 0 Å². The van der Waals surface area contributed by atoms with Gasteiger partial charge >= 0.3 is 5.97 Å². The van der Waals surface area contributed by atoms with Gasteiger partial charge in [0.25, 0.3) is 17.7 Å². The SMILES string of the molecule is CCOC(=O)c1cccc(N2C(=O)C(Cl)=C(Nc3cccc(C(=O)Nc4cc(C)cc(C)c4)c3)C2=O)c1. The van der Waals surface area contributed by atoms with Crippen molar-refractivity contribution in [2.24, 2.45) is 0 Å². The summed E-state index contributed by atoms with van der Waals surface area (Å²) in [5.74, 6) is -2.34. The van der Waals surface area contributed by atoms with Crippen molar-refractivity contribution in [3.63, 3.8) is 0 Å². The van der Waals surface area contributed by atoms with E-state index in [2.05, 4.69) is 10.6 Å². The van der Waals surface area contributed by atoms with Gasteiger partial charge in [0, 0.05) is 16.9 Å². The summed E-state index contributed by atoms with van der Waals surface area (Å²) in [5, 5.41) is 5.43. The Balaban J connectivity index is 1.54. The molecule has 3 amide bonds. The average molecular weight is 518 g/mol. The number of imide groups is 1. The summed E-state index contributed by atoms with van der Waals surface area (Å²) in [6.45, 7) is 5.76. The van der Waals surface area contributed by atoms with Crippen molar-refractivity contribution in [3.8, 4) is 0 Å². The Bertz CT molecular complexity index is 1440. The van der Waals surface area contributed by atoms with Gasteiger partial charge in [-0.15, -0.1) is 0 Å². The molecule has 3 aromatic rings. The molecule has 3 aromatic carbocycles. The summed E-state index contributed by atoms with van der Waals surface area (Å²) in [6, 6.07) is 18.2. The number of rotatable bonds is 7. The van der Waals surface area contributed by atoms with Crippen LogP contribution in [0.3, 0.4) is 0 Å². The minimum absolute atomic E-state index is 0.139. The number of aryl methyl sites for hydroxylation is 2. The van der Waals surface area contributed by atoms with Crippen LogP contribution in [0.5, 0.6) is 0 Å². The molecular weight excluding hydrogens is 494 g/mol. The van der Waals surface area contributed by atoms with Crippen LogP contribution in [0.4, 0.5) is 17.1 Å². The van der Waals surface area contributed by atoms with E-state index in [1.165, 1.54) is 18.2 Å². The first-order chi connectivity index (χ1) is 17.7. The highest BCUT2D eigenvalue weighted by Crippen LogP contribution is 2.31. The summed E-state index contributed by atoms with van der Waals surface area (Å²) in [5.41, 5.74) is 3.69. The molecule has 2 N–H and O–H groups in total. The minimum atomic E-state index is -0.737. The molecule has 8 nitrogen and oxygen atoms in total.